The Labute approximate surface area is 164 Å². The zero-order valence-corrected chi connectivity index (χ0v) is 17.8. The molecular weight excluding hydrogens is 406 g/mol. The summed E-state index contributed by atoms with van der Waals surface area (Å²) in [5.41, 5.74) is 0. The van der Waals surface area contributed by atoms with Gasteiger partial charge in [0, 0.05) is 42.7 Å². The molecule has 0 aromatic heterocycles. The molecule has 0 heterocycles. The summed E-state index contributed by atoms with van der Waals surface area (Å²) >= 11 is 0. The summed E-state index contributed by atoms with van der Waals surface area (Å²) in [5.74, 6) is -1.51. The third-order valence-electron chi connectivity index (χ3n) is 3.50. The zero-order valence-electron chi connectivity index (χ0n) is 14.3. The van der Waals surface area contributed by atoms with Crippen molar-refractivity contribution in [3.8, 4) is 0 Å². The molecule has 0 amide bonds. The van der Waals surface area contributed by atoms with Crippen molar-refractivity contribution in [1.82, 2.24) is 0 Å². The van der Waals surface area contributed by atoms with Crippen LogP contribution in [0, 0.1) is 11.8 Å². The second-order valence-electron chi connectivity index (χ2n) is 5.17. The first-order valence-electron chi connectivity index (χ1n) is 7.89. The van der Waals surface area contributed by atoms with E-state index < -0.39 is 11.9 Å². The molecule has 134 valence electrons. The second-order valence-corrected chi connectivity index (χ2v) is 5.17. The van der Waals surface area contributed by atoms with Gasteiger partial charge in [0.2, 0.25) is 0 Å². The number of carbonyl (C=O) groups is 2. The van der Waals surface area contributed by atoms with Gasteiger partial charge in [-0.2, -0.15) is 0 Å². The molecule has 0 aliphatic heterocycles. The molecule has 0 aromatic carbocycles. The minimum atomic E-state index is -0.643. The molecule has 0 aromatic rings. The second kappa shape index (κ2) is 21.3. The third kappa shape index (κ3) is 18.4. The average molecular weight is 438 g/mol. The molecule has 0 bridgehead atoms. The molecule has 0 spiro atoms. The van der Waals surface area contributed by atoms with Gasteiger partial charge in [-0.05, 0) is 25.7 Å². The summed E-state index contributed by atoms with van der Waals surface area (Å²) in [6.07, 6.45) is 7.43. The average Bonchev–Trinajstić information content (AvgIpc) is 2.40. The van der Waals surface area contributed by atoms with E-state index in [1.54, 1.807) is 0 Å². The van der Waals surface area contributed by atoms with E-state index in [4.69, 9.17) is 10.2 Å². The Bertz CT molecular complexity index is 237. The predicted molar refractivity (Wildman–Crippen MR) is 81.9 cm³/mol. The normalized spacial score (nSPS) is 11.8. The molecule has 6 heteroatoms. The molecule has 0 aliphatic carbocycles. The number of aliphatic carboxylic acids is 2. The number of unbranched alkanes of at least 4 members (excludes halogenated alkanes) is 2. The number of hydrogen-bond acceptors (Lipinski definition) is 2. The number of carboxylic acid groups (broad SMARTS) is 2. The maximum absolute atomic E-state index is 10.4. The predicted octanol–water partition coefficient (Wildman–Crippen LogP) is 4.57. The molecule has 2 N–H and O–H groups in total. The van der Waals surface area contributed by atoms with Gasteiger partial charge in [-0.1, -0.05) is 53.4 Å². The standard InChI is InChI=1S/2C8H16O2.Ni.Zr/c2*1-3-5-6-7(4-2)8(9)10;;/h2*7H,3-6H2,1-2H3,(H,9,10);;. The van der Waals surface area contributed by atoms with E-state index in [1.165, 1.54) is 0 Å². The Morgan fingerprint density at radius 3 is 1.18 bits per heavy atom. The van der Waals surface area contributed by atoms with Crippen LogP contribution in [0.1, 0.15) is 79.1 Å². The van der Waals surface area contributed by atoms with Gasteiger partial charge in [-0.3, -0.25) is 9.59 Å². The van der Waals surface area contributed by atoms with Crippen LogP contribution in [-0.2, 0) is 52.3 Å². The van der Waals surface area contributed by atoms with Gasteiger partial charge in [0.05, 0.1) is 11.8 Å². The first kappa shape index (κ1) is 30.2. The molecule has 0 rings (SSSR count). The van der Waals surface area contributed by atoms with Crippen molar-refractivity contribution < 1.29 is 62.5 Å². The zero-order chi connectivity index (χ0) is 16.0. The van der Waals surface area contributed by atoms with Gasteiger partial charge in [0.15, 0.2) is 0 Å². The molecule has 0 aliphatic rings. The van der Waals surface area contributed by atoms with Crippen LogP contribution in [0.15, 0.2) is 0 Å². The van der Waals surface area contributed by atoms with Crippen molar-refractivity contribution in [3.63, 3.8) is 0 Å². The van der Waals surface area contributed by atoms with E-state index in [1.807, 2.05) is 13.8 Å². The van der Waals surface area contributed by atoms with E-state index in [-0.39, 0.29) is 54.5 Å². The molecule has 22 heavy (non-hydrogen) atoms. The number of hydrogen-bond donors (Lipinski definition) is 2. The maximum Gasteiger partial charge on any atom is 0.306 e. The maximum atomic E-state index is 10.4. The fourth-order valence-corrected chi connectivity index (χ4v) is 1.91. The van der Waals surface area contributed by atoms with Crippen molar-refractivity contribution in [2.24, 2.45) is 11.8 Å². The van der Waals surface area contributed by atoms with E-state index in [0.29, 0.717) is 0 Å². The van der Waals surface area contributed by atoms with Crippen molar-refractivity contribution >= 4 is 11.9 Å². The van der Waals surface area contributed by atoms with E-state index in [2.05, 4.69) is 13.8 Å². The Morgan fingerprint density at radius 2 is 1.05 bits per heavy atom. The Kier molecular flexibility index (Phi) is 29.3. The summed E-state index contributed by atoms with van der Waals surface area (Å²) in [5, 5.41) is 17.2. The van der Waals surface area contributed by atoms with Crippen LogP contribution in [-0.4, -0.2) is 22.2 Å². The summed E-state index contributed by atoms with van der Waals surface area (Å²) < 4.78 is 0. The van der Waals surface area contributed by atoms with Crippen LogP contribution in [0.3, 0.4) is 0 Å². The molecule has 0 saturated carbocycles. The Morgan fingerprint density at radius 1 is 0.773 bits per heavy atom. The fraction of sp³-hybridized carbons (Fsp3) is 0.875. The topological polar surface area (TPSA) is 74.6 Å². The molecule has 2 unspecified atom stereocenters. The molecule has 0 fully saturated rings. The Hall–Kier alpha value is 0.317. The quantitative estimate of drug-likeness (QED) is 0.490. The first-order valence-corrected chi connectivity index (χ1v) is 7.89. The van der Waals surface area contributed by atoms with Gasteiger partial charge < -0.3 is 10.2 Å². The SMILES string of the molecule is CCCCC(CC)C(=O)O.CCCCC(CC)C(=O)O.[Ni].[Zr]. The summed E-state index contributed by atoms with van der Waals surface area (Å²) in [4.78, 5) is 20.9. The van der Waals surface area contributed by atoms with Crippen LogP contribution >= 0.6 is 0 Å². The smallest absolute Gasteiger partial charge is 0.306 e. The van der Waals surface area contributed by atoms with Gasteiger partial charge >= 0.3 is 11.9 Å². The van der Waals surface area contributed by atoms with E-state index in [0.717, 1.165) is 51.4 Å². The van der Waals surface area contributed by atoms with E-state index in [9.17, 15) is 9.59 Å². The van der Waals surface area contributed by atoms with Crippen LogP contribution in [0.25, 0.3) is 0 Å². The van der Waals surface area contributed by atoms with Crippen molar-refractivity contribution in [2.75, 3.05) is 0 Å². The van der Waals surface area contributed by atoms with Gasteiger partial charge in [0.25, 0.3) is 0 Å². The summed E-state index contributed by atoms with van der Waals surface area (Å²) in [6, 6.07) is 0. The molecule has 0 saturated heterocycles. The molecular formula is C16H32NiO4Zr. The first-order chi connectivity index (χ1) is 9.44. The van der Waals surface area contributed by atoms with Crippen LogP contribution in [0.4, 0.5) is 0 Å². The van der Waals surface area contributed by atoms with Crippen LogP contribution < -0.4 is 0 Å². The van der Waals surface area contributed by atoms with E-state index >= 15 is 0 Å². The van der Waals surface area contributed by atoms with Crippen molar-refractivity contribution in [2.45, 2.75) is 79.1 Å². The van der Waals surface area contributed by atoms with Gasteiger partial charge in [0.1, 0.15) is 0 Å². The van der Waals surface area contributed by atoms with Crippen LogP contribution in [0.2, 0.25) is 0 Å². The Balaban J connectivity index is -0.000000135. The molecule has 4 nitrogen and oxygen atoms in total. The number of carboxylic acids is 2. The van der Waals surface area contributed by atoms with Gasteiger partial charge in [-0.15, -0.1) is 0 Å². The van der Waals surface area contributed by atoms with Crippen molar-refractivity contribution in [3.05, 3.63) is 0 Å². The minimum absolute atomic E-state index is 0. The largest absolute Gasteiger partial charge is 0.481 e. The summed E-state index contributed by atoms with van der Waals surface area (Å²) in [7, 11) is 0. The monoisotopic (exact) mass is 436 g/mol. The fourth-order valence-electron chi connectivity index (χ4n) is 1.91. The third-order valence-corrected chi connectivity index (χ3v) is 3.50. The molecule has 2 atom stereocenters. The molecule has 0 radical (unpaired) electrons. The summed E-state index contributed by atoms with van der Waals surface area (Å²) in [6.45, 7) is 8.01. The van der Waals surface area contributed by atoms with Crippen molar-refractivity contribution in [1.29, 1.82) is 0 Å². The van der Waals surface area contributed by atoms with Crippen LogP contribution in [0.5, 0.6) is 0 Å². The number of rotatable bonds is 10. The van der Waals surface area contributed by atoms with Gasteiger partial charge in [-0.25, -0.2) is 0 Å². The minimum Gasteiger partial charge on any atom is -0.481 e.